The molecule has 2 aromatic rings. The topological polar surface area (TPSA) is 72.0 Å². The van der Waals surface area contributed by atoms with Crippen LogP contribution in [0.5, 0.6) is 0 Å². The Bertz CT molecular complexity index is 694. The van der Waals surface area contributed by atoms with Gasteiger partial charge in [-0.05, 0) is 31.5 Å². The van der Waals surface area contributed by atoms with Crippen LogP contribution in [-0.4, -0.2) is 36.7 Å². The highest BCUT2D eigenvalue weighted by molar-refractivity contribution is 7.92. The summed E-state index contributed by atoms with van der Waals surface area (Å²) in [5.74, 6) is 0. The van der Waals surface area contributed by atoms with Crippen LogP contribution >= 0.6 is 0 Å². The van der Waals surface area contributed by atoms with Gasteiger partial charge in [0.2, 0.25) is 9.84 Å². The van der Waals surface area contributed by atoms with Gasteiger partial charge in [-0.15, -0.1) is 0 Å². The van der Waals surface area contributed by atoms with E-state index in [1.54, 1.807) is 6.07 Å². The highest BCUT2D eigenvalue weighted by Crippen LogP contribution is 2.20. The molecular formula is C13H15N3O2S. The average molecular weight is 277 g/mol. The molecule has 6 heteroatoms. The number of hydrogen-bond acceptors (Lipinski definition) is 5. The van der Waals surface area contributed by atoms with Crippen molar-refractivity contribution in [3.63, 3.8) is 0 Å². The van der Waals surface area contributed by atoms with Gasteiger partial charge < -0.3 is 5.32 Å². The first kappa shape index (κ1) is 12.5. The van der Waals surface area contributed by atoms with Crippen molar-refractivity contribution in [3.05, 3.63) is 30.5 Å². The van der Waals surface area contributed by atoms with Crippen LogP contribution in [0.1, 0.15) is 12.8 Å². The molecule has 2 heterocycles. The van der Waals surface area contributed by atoms with Crippen molar-refractivity contribution >= 4 is 20.9 Å². The lowest BCUT2D eigenvalue weighted by molar-refractivity contribution is 0.495. The number of hydrogen-bond donors (Lipinski definition) is 1. The second-order valence-corrected chi connectivity index (χ2v) is 6.89. The average Bonchev–Trinajstić information content (AvgIpc) is 2.47. The van der Waals surface area contributed by atoms with E-state index in [2.05, 4.69) is 15.3 Å². The Balaban J connectivity index is 2.02. The van der Waals surface area contributed by atoms with Crippen molar-refractivity contribution in [1.29, 1.82) is 0 Å². The third kappa shape index (κ3) is 2.33. The molecule has 100 valence electrons. The first-order chi connectivity index (χ1) is 9.18. The van der Waals surface area contributed by atoms with E-state index >= 15 is 0 Å². The Labute approximate surface area is 112 Å². The van der Waals surface area contributed by atoms with Gasteiger partial charge in [-0.1, -0.05) is 12.1 Å². The zero-order valence-electron chi connectivity index (χ0n) is 10.4. The summed E-state index contributed by atoms with van der Waals surface area (Å²) in [6, 6.07) is 7.28. The monoisotopic (exact) mass is 277 g/mol. The van der Waals surface area contributed by atoms with E-state index in [0.29, 0.717) is 24.0 Å². The van der Waals surface area contributed by atoms with Crippen molar-refractivity contribution in [2.45, 2.75) is 23.1 Å². The molecule has 3 rings (SSSR count). The number of sulfone groups is 1. The van der Waals surface area contributed by atoms with Crippen LogP contribution < -0.4 is 5.32 Å². The van der Waals surface area contributed by atoms with Crippen molar-refractivity contribution in [1.82, 2.24) is 15.3 Å². The van der Waals surface area contributed by atoms with Gasteiger partial charge in [0, 0.05) is 6.54 Å². The van der Waals surface area contributed by atoms with Crippen LogP contribution in [0.15, 0.2) is 35.5 Å². The minimum absolute atomic E-state index is 0.0832. The van der Waals surface area contributed by atoms with Crippen LogP contribution in [-0.2, 0) is 9.84 Å². The van der Waals surface area contributed by atoms with Crippen LogP contribution in [0.2, 0.25) is 0 Å². The summed E-state index contributed by atoms with van der Waals surface area (Å²) in [7, 11) is -3.39. The van der Waals surface area contributed by atoms with Crippen LogP contribution in [0.25, 0.3) is 11.0 Å². The summed E-state index contributed by atoms with van der Waals surface area (Å²) >= 11 is 0. The van der Waals surface area contributed by atoms with E-state index in [1.165, 1.54) is 6.20 Å². The Hall–Kier alpha value is -1.53. The maximum Gasteiger partial charge on any atom is 0.201 e. The Morgan fingerprint density at radius 3 is 2.74 bits per heavy atom. The van der Waals surface area contributed by atoms with Crippen molar-refractivity contribution in [2.75, 3.05) is 13.1 Å². The second kappa shape index (κ2) is 4.86. The molecule has 0 radical (unpaired) electrons. The third-order valence-electron chi connectivity index (χ3n) is 3.41. The standard InChI is InChI=1S/C13H15N3O2S/c17-19(18,10-4-3-7-14-8-10)13-9-15-11-5-1-2-6-12(11)16-13/h1-2,5-6,9-10,14H,3-4,7-8H2/t10-/m1/s1. The predicted molar refractivity (Wildman–Crippen MR) is 72.6 cm³/mol. The maximum absolute atomic E-state index is 12.5. The minimum Gasteiger partial charge on any atom is -0.315 e. The minimum atomic E-state index is -3.39. The van der Waals surface area contributed by atoms with Gasteiger partial charge >= 0.3 is 0 Å². The van der Waals surface area contributed by atoms with E-state index in [9.17, 15) is 8.42 Å². The number of benzene rings is 1. The number of piperidine rings is 1. The van der Waals surface area contributed by atoms with E-state index in [1.807, 2.05) is 18.2 Å². The van der Waals surface area contributed by atoms with Gasteiger partial charge in [0.1, 0.15) is 0 Å². The van der Waals surface area contributed by atoms with Gasteiger partial charge in [-0.2, -0.15) is 0 Å². The zero-order chi connectivity index (χ0) is 13.3. The van der Waals surface area contributed by atoms with Gasteiger partial charge in [0.15, 0.2) is 5.03 Å². The number of aromatic nitrogens is 2. The van der Waals surface area contributed by atoms with Gasteiger partial charge in [-0.25, -0.2) is 13.4 Å². The predicted octanol–water partition coefficient (Wildman–Crippen LogP) is 1.16. The molecule has 0 saturated carbocycles. The highest BCUT2D eigenvalue weighted by Gasteiger charge is 2.30. The summed E-state index contributed by atoms with van der Waals surface area (Å²) in [5, 5.41) is 2.81. The molecule has 0 unspecified atom stereocenters. The molecule has 1 fully saturated rings. The smallest absolute Gasteiger partial charge is 0.201 e. The Kier molecular flexibility index (Phi) is 3.20. The van der Waals surface area contributed by atoms with E-state index in [0.717, 1.165) is 13.0 Å². The fourth-order valence-electron chi connectivity index (χ4n) is 2.33. The summed E-state index contributed by atoms with van der Waals surface area (Å²) in [4.78, 5) is 8.42. The molecule has 1 N–H and O–H groups in total. The number of nitrogens with one attached hydrogen (secondary N) is 1. The molecule has 1 aliphatic heterocycles. The quantitative estimate of drug-likeness (QED) is 0.891. The lowest BCUT2D eigenvalue weighted by Crippen LogP contribution is -2.39. The first-order valence-corrected chi connectivity index (χ1v) is 7.89. The molecule has 19 heavy (non-hydrogen) atoms. The van der Waals surface area contributed by atoms with Gasteiger partial charge in [0.25, 0.3) is 0 Å². The van der Waals surface area contributed by atoms with E-state index < -0.39 is 15.1 Å². The van der Waals surface area contributed by atoms with Crippen molar-refractivity contribution in [2.24, 2.45) is 0 Å². The third-order valence-corrected chi connectivity index (χ3v) is 5.47. The fourth-order valence-corrected chi connectivity index (χ4v) is 3.91. The summed E-state index contributed by atoms with van der Waals surface area (Å²) in [6.07, 6.45) is 2.93. The van der Waals surface area contributed by atoms with E-state index in [-0.39, 0.29) is 5.03 Å². The largest absolute Gasteiger partial charge is 0.315 e. The zero-order valence-corrected chi connectivity index (χ0v) is 11.2. The molecule has 1 aliphatic rings. The molecule has 0 spiro atoms. The Morgan fingerprint density at radius 2 is 2.00 bits per heavy atom. The van der Waals surface area contributed by atoms with Gasteiger partial charge in [0.05, 0.1) is 22.5 Å². The molecule has 5 nitrogen and oxygen atoms in total. The van der Waals surface area contributed by atoms with Crippen molar-refractivity contribution in [3.8, 4) is 0 Å². The molecule has 0 amide bonds. The number of nitrogens with zero attached hydrogens (tertiary/aromatic N) is 2. The highest BCUT2D eigenvalue weighted by atomic mass is 32.2. The molecule has 0 bridgehead atoms. The van der Waals surface area contributed by atoms with Crippen LogP contribution in [0.3, 0.4) is 0 Å². The summed E-state index contributed by atoms with van der Waals surface area (Å²) in [5.41, 5.74) is 1.33. The molecule has 0 aliphatic carbocycles. The number of para-hydroxylation sites is 2. The fraction of sp³-hybridized carbons (Fsp3) is 0.385. The van der Waals surface area contributed by atoms with Crippen LogP contribution in [0, 0.1) is 0 Å². The Morgan fingerprint density at radius 1 is 1.21 bits per heavy atom. The lowest BCUT2D eigenvalue weighted by atomic mass is 10.2. The molecular weight excluding hydrogens is 262 g/mol. The van der Waals surface area contributed by atoms with Crippen LogP contribution in [0.4, 0.5) is 0 Å². The normalized spacial score (nSPS) is 20.5. The maximum atomic E-state index is 12.5. The lowest BCUT2D eigenvalue weighted by Gasteiger charge is -2.22. The second-order valence-electron chi connectivity index (χ2n) is 4.71. The first-order valence-electron chi connectivity index (χ1n) is 6.34. The molecule has 1 saturated heterocycles. The summed E-state index contributed by atoms with van der Waals surface area (Å²) in [6.45, 7) is 1.38. The summed E-state index contributed by atoms with van der Waals surface area (Å²) < 4.78 is 25.0. The molecule has 1 aromatic carbocycles. The number of fused-ring (bicyclic) bond motifs is 1. The van der Waals surface area contributed by atoms with E-state index in [4.69, 9.17) is 0 Å². The molecule has 1 aromatic heterocycles. The number of rotatable bonds is 2. The van der Waals surface area contributed by atoms with Gasteiger partial charge in [-0.3, -0.25) is 4.98 Å². The van der Waals surface area contributed by atoms with Crippen molar-refractivity contribution < 1.29 is 8.42 Å². The molecule has 1 atom stereocenters. The SMILES string of the molecule is O=S(=O)(c1cnc2ccccc2n1)[C@@H]1CCCNC1.